The molecule has 1 fully saturated rings. The maximum absolute atomic E-state index is 5.09. The summed E-state index contributed by atoms with van der Waals surface area (Å²) in [6.45, 7) is 5.95. The molecule has 118 valence electrons. The van der Waals surface area contributed by atoms with Crippen LogP contribution in [0.25, 0.3) is 0 Å². The Morgan fingerprint density at radius 3 is 3.10 bits per heavy atom. The standard InChI is InChI=1S/C16H28N4O/c1-3-6-14-11-16(19-13-18-14)20-9-5-4-7-15(20)12-17-8-10-21-2/h11,13,15,17H,3-10,12H2,1-2H3. The summed E-state index contributed by atoms with van der Waals surface area (Å²) in [6.07, 6.45) is 7.65. The molecule has 2 heterocycles. The van der Waals surface area contributed by atoms with Gasteiger partial charge < -0.3 is 15.0 Å². The van der Waals surface area contributed by atoms with Gasteiger partial charge in [-0.1, -0.05) is 13.3 Å². The van der Waals surface area contributed by atoms with Gasteiger partial charge in [0.2, 0.25) is 0 Å². The Bertz CT molecular complexity index is 413. The fourth-order valence-corrected chi connectivity index (χ4v) is 2.89. The second-order valence-corrected chi connectivity index (χ2v) is 5.66. The van der Waals surface area contributed by atoms with Gasteiger partial charge in [0.1, 0.15) is 12.1 Å². The Balaban J connectivity index is 1.98. The zero-order chi connectivity index (χ0) is 14.9. The Labute approximate surface area is 128 Å². The summed E-state index contributed by atoms with van der Waals surface area (Å²) in [6, 6.07) is 2.69. The molecule has 0 aromatic carbocycles. The van der Waals surface area contributed by atoms with Gasteiger partial charge in [-0.25, -0.2) is 9.97 Å². The summed E-state index contributed by atoms with van der Waals surface area (Å²) in [4.78, 5) is 11.3. The van der Waals surface area contributed by atoms with E-state index in [-0.39, 0.29) is 0 Å². The fraction of sp³-hybridized carbons (Fsp3) is 0.750. The number of piperidine rings is 1. The molecule has 1 aromatic heterocycles. The molecule has 0 aliphatic carbocycles. The van der Waals surface area contributed by atoms with E-state index in [1.165, 1.54) is 19.3 Å². The summed E-state index contributed by atoms with van der Waals surface area (Å²) in [5, 5.41) is 3.49. The number of hydrogen-bond donors (Lipinski definition) is 1. The van der Waals surface area contributed by atoms with Crippen molar-refractivity contribution in [1.82, 2.24) is 15.3 Å². The number of hydrogen-bond acceptors (Lipinski definition) is 5. The second-order valence-electron chi connectivity index (χ2n) is 5.66. The zero-order valence-electron chi connectivity index (χ0n) is 13.3. The Hall–Kier alpha value is -1.20. The number of anilines is 1. The van der Waals surface area contributed by atoms with Crippen molar-refractivity contribution in [2.24, 2.45) is 0 Å². The van der Waals surface area contributed by atoms with Crippen LogP contribution < -0.4 is 10.2 Å². The molecule has 1 unspecified atom stereocenters. The van der Waals surface area contributed by atoms with E-state index in [1.807, 2.05) is 0 Å². The number of methoxy groups -OCH3 is 1. The van der Waals surface area contributed by atoms with E-state index in [2.05, 4.69) is 33.2 Å². The molecule has 1 N–H and O–H groups in total. The van der Waals surface area contributed by atoms with Gasteiger partial charge in [-0.2, -0.15) is 0 Å². The van der Waals surface area contributed by atoms with E-state index >= 15 is 0 Å². The number of nitrogens with one attached hydrogen (secondary N) is 1. The number of ether oxygens (including phenoxy) is 1. The first-order chi connectivity index (χ1) is 10.3. The van der Waals surface area contributed by atoms with Crippen molar-refractivity contribution >= 4 is 5.82 Å². The lowest BCUT2D eigenvalue weighted by atomic mass is 10.0. The van der Waals surface area contributed by atoms with Gasteiger partial charge in [-0.05, 0) is 25.7 Å². The van der Waals surface area contributed by atoms with Crippen LogP contribution in [0.3, 0.4) is 0 Å². The lowest BCUT2D eigenvalue weighted by molar-refractivity contribution is 0.198. The van der Waals surface area contributed by atoms with E-state index < -0.39 is 0 Å². The van der Waals surface area contributed by atoms with Gasteiger partial charge in [-0.15, -0.1) is 0 Å². The molecular weight excluding hydrogens is 264 g/mol. The molecule has 0 saturated carbocycles. The van der Waals surface area contributed by atoms with Crippen molar-refractivity contribution in [2.45, 2.75) is 45.1 Å². The monoisotopic (exact) mass is 292 g/mol. The smallest absolute Gasteiger partial charge is 0.132 e. The van der Waals surface area contributed by atoms with Gasteiger partial charge in [0.15, 0.2) is 0 Å². The van der Waals surface area contributed by atoms with Crippen molar-refractivity contribution in [3.05, 3.63) is 18.1 Å². The first-order valence-corrected chi connectivity index (χ1v) is 8.12. The molecule has 1 aromatic rings. The lowest BCUT2D eigenvalue weighted by Crippen LogP contribution is -2.46. The summed E-state index contributed by atoms with van der Waals surface area (Å²) < 4.78 is 5.09. The van der Waals surface area contributed by atoms with Gasteiger partial charge in [0.05, 0.1) is 6.61 Å². The predicted molar refractivity (Wildman–Crippen MR) is 85.8 cm³/mol. The molecule has 0 amide bonds. The molecule has 0 radical (unpaired) electrons. The SMILES string of the molecule is CCCc1cc(N2CCCCC2CNCCOC)ncn1. The summed E-state index contributed by atoms with van der Waals surface area (Å²) in [5.41, 5.74) is 1.15. The average molecular weight is 292 g/mol. The molecular formula is C16H28N4O. The van der Waals surface area contributed by atoms with Crippen molar-refractivity contribution in [1.29, 1.82) is 0 Å². The third-order valence-electron chi connectivity index (χ3n) is 4.00. The van der Waals surface area contributed by atoms with Gasteiger partial charge in [0, 0.05) is 44.5 Å². The van der Waals surface area contributed by atoms with Crippen LogP contribution in [0.1, 0.15) is 38.3 Å². The summed E-state index contributed by atoms with van der Waals surface area (Å²) in [5.74, 6) is 1.09. The minimum atomic E-state index is 0.528. The van der Waals surface area contributed by atoms with E-state index in [9.17, 15) is 0 Å². The van der Waals surface area contributed by atoms with Crippen LogP contribution in [0.5, 0.6) is 0 Å². The molecule has 1 saturated heterocycles. The summed E-state index contributed by atoms with van der Waals surface area (Å²) >= 11 is 0. The van der Waals surface area contributed by atoms with Crippen molar-refractivity contribution < 1.29 is 4.74 Å². The van der Waals surface area contributed by atoms with Crippen LogP contribution in [-0.2, 0) is 11.2 Å². The third kappa shape index (κ3) is 4.93. The lowest BCUT2D eigenvalue weighted by Gasteiger charge is -2.37. The molecule has 1 aliphatic heterocycles. The molecule has 1 atom stereocenters. The van der Waals surface area contributed by atoms with Gasteiger partial charge >= 0.3 is 0 Å². The second kappa shape index (κ2) is 8.95. The number of rotatable bonds is 8. The van der Waals surface area contributed by atoms with E-state index in [0.29, 0.717) is 6.04 Å². The largest absolute Gasteiger partial charge is 0.383 e. The molecule has 21 heavy (non-hydrogen) atoms. The Morgan fingerprint density at radius 2 is 2.29 bits per heavy atom. The fourth-order valence-electron chi connectivity index (χ4n) is 2.89. The number of aromatic nitrogens is 2. The van der Waals surface area contributed by atoms with Crippen LogP contribution >= 0.6 is 0 Å². The molecule has 2 rings (SSSR count). The van der Waals surface area contributed by atoms with Gasteiger partial charge in [0.25, 0.3) is 0 Å². The highest BCUT2D eigenvalue weighted by Gasteiger charge is 2.23. The van der Waals surface area contributed by atoms with Crippen molar-refractivity contribution in [3.63, 3.8) is 0 Å². The number of aryl methyl sites for hydroxylation is 1. The van der Waals surface area contributed by atoms with E-state index in [0.717, 1.165) is 50.6 Å². The highest BCUT2D eigenvalue weighted by atomic mass is 16.5. The first kappa shape index (κ1) is 16.2. The minimum Gasteiger partial charge on any atom is -0.383 e. The molecule has 0 spiro atoms. The van der Waals surface area contributed by atoms with Crippen molar-refractivity contribution in [2.75, 3.05) is 38.3 Å². The molecule has 5 heteroatoms. The van der Waals surface area contributed by atoms with Crippen molar-refractivity contribution in [3.8, 4) is 0 Å². The van der Waals surface area contributed by atoms with Crippen LogP contribution in [0.15, 0.2) is 12.4 Å². The topological polar surface area (TPSA) is 50.3 Å². The quantitative estimate of drug-likeness (QED) is 0.743. The predicted octanol–water partition coefficient (Wildman–Crippen LogP) is 2.02. The van der Waals surface area contributed by atoms with E-state index in [1.54, 1.807) is 13.4 Å². The highest BCUT2D eigenvalue weighted by Crippen LogP contribution is 2.23. The summed E-state index contributed by atoms with van der Waals surface area (Å²) in [7, 11) is 1.74. The maximum atomic E-state index is 5.09. The Morgan fingerprint density at radius 1 is 1.38 bits per heavy atom. The zero-order valence-corrected chi connectivity index (χ0v) is 13.3. The maximum Gasteiger partial charge on any atom is 0.132 e. The third-order valence-corrected chi connectivity index (χ3v) is 4.00. The molecule has 0 bridgehead atoms. The Kier molecular flexibility index (Phi) is 6.89. The van der Waals surface area contributed by atoms with Crippen LogP contribution in [0.2, 0.25) is 0 Å². The first-order valence-electron chi connectivity index (χ1n) is 8.12. The normalized spacial score (nSPS) is 19.0. The average Bonchev–Trinajstić information content (AvgIpc) is 2.53. The molecule has 5 nitrogen and oxygen atoms in total. The van der Waals surface area contributed by atoms with E-state index in [4.69, 9.17) is 4.74 Å². The van der Waals surface area contributed by atoms with Crippen LogP contribution in [-0.4, -0.2) is 49.4 Å². The van der Waals surface area contributed by atoms with Gasteiger partial charge in [-0.3, -0.25) is 0 Å². The number of nitrogens with zero attached hydrogens (tertiary/aromatic N) is 3. The van der Waals surface area contributed by atoms with Crippen LogP contribution in [0.4, 0.5) is 5.82 Å². The minimum absolute atomic E-state index is 0.528. The van der Waals surface area contributed by atoms with Crippen LogP contribution in [0, 0.1) is 0 Å². The highest BCUT2D eigenvalue weighted by molar-refractivity contribution is 5.41. The molecule has 1 aliphatic rings.